The van der Waals surface area contributed by atoms with Gasteiger partial charge in [0.15, 0.2) is 0 Å². The number of aromatic carboxylic acids is 1. The van der Waals surface area contributed by atoms with Crippen molar-refractivity contribution in [3.8, 4) is 5.75 Å². The lowest BCUT2D eigenvalue weighted by Crippen LogP contribution is -2.13. The van der Waals surface area contributed by atoms with Crippen molar-refractivity contribution in [3.05, 3.63) is 39.7 Å². The predicted octanol–water partition coefficient (Wildman–Crippen LogP) is 1.76. The summed E-state index contributed by atoms with van der Waals surface area (Å²) in [4.78, 5) is 22.2. The number of carboxylic acids is 1. The Labute approximate surface area is 95.9 Å². The minimum Gasteiger partial charge on any atom is -0.508 e. The Hall–Kier alpha value is -2.30. The Balaban J connectivity index is 2.88. The number of rotatable bonds is 2. The van der Waals surface area contributed by atoms with E-state index in [1.165, 1.54) is 18.2 Å². The molecular weight excluding hydrogens is 224 g/mol. The van der Waals surface area contributed by atoms with Crippen molar-refractivity contribution in [2.24, 2.45) is 0 Å². The topological polar surface area (TPSA) is 87.7 Å². The number of aryl methyl sites for hydroxylation is 1. The zero-order valence-corrected chi connectivity index (χ0v) is 9.06. The lowest BCUT2D eigenvalue weighted by Gasteiger charge is -2.05. The molecule has 0 unspecified atom stereocenters. The Kier molecular flexibility index (Phi) is 2.59. The van der Waals surface area contributed by atoms with Crippen molar-refractivity contribution in [3.63, 3.8) is 0 Å². The fourth-order valence-electron chi connectivity index (χ4n) is 1.72. The van der Waals surface area contributed by atoms with Gasteiger partial charge in [-0.3, -0.25) is 0 Å². The van der Waals surface area contributed by atoms with Crippen LogP contribution < -0.4 is 5.63 Å². The van der Waals surface area contributed by atoms with E-state index < -0.39 is 17.2 Å². The zero-order valence-electron chi connectivity index (χ0n) is 9.06. The van der Waals surface area contributed by atoms with Gasteiger partial charge in [0.2, 0.25) is 0 Å². The van der Waals surface area contributed by atoms with Crippen molar-refractivity contribution in [1.29, 1.82) is 0 Å². The SMILES string of the molecule is CCc1cc(O)cc2oc(=O)c(C(=O)O)cc12. The Morgan fingerprint density at radius 1 is 1.35 bits per heavy atom. The number of phenols is 1. The van der Waals surface area contributed by atoms with Crippen LogP contribution in [0.15, 0.2) is 27.4 Å². The summed E-state index contributed by atoms with van der Waals surface area (Å²) in [5.74, 6) is -1.34. The number of hydrogen-bond acceptors (Lipinski definition) is 4. The van der Waals surface area contributed by atoms with Crippen molar-refractivity contribution in [2.75, 3.05) is 0 Å². The summed E-state index contributed by atoms with van der Waals surface area (Å²) < 4.78 is 4.88. The number of benzene rings is 1. The van der Waals surface area contributed by atoms with Crippen LogP contribution in [0.5, 0.6) is 5.75 Å². The second kappa shape index (κ2) is 3.93. The summed E-state index contributed by atoms with van der Waals surface area (Å²) >= 11 is 0. The fourth-order valence-corrected chi connectivity index (χ4v) is 1.72. The first-order valence-corrected chi connectivity index (χ1v) is 5.06. The second-order valence-electron chi connectivity index (χ2n) is 3.62. The Morgan fingerprint density at radius 3 is 2.65 bits per heavy atom. The molecule has 0 atom stereocenters. The first kappa shape index (κ1) is 11.2. The van der Waals surface area contributed by atoms with E-state index in [0.29, 0.717) is 11.8 Å². The smallest absolute Gasteiger partial charge is 0.351 e. The van der Waals surface area contributed by atoms with Gasteiger partial charge >= 0.3 is 11.6 Å². The average molecular weight is 234 g/mol. The van der Waals surface area contributed by atoms with E-state index in [4.69, 9.17) is 9.52 Å². The standard InChI is InChI=1S/C12H10O5/c1-2-6-3-7(13)4-10-8(6)5-9(11(14)15)12(16)17-10/h3-5,13H,2H2,1H3,(H,14,15). The van der Waals surface area contributed by atoms with Crippen molar-refractivity contribution < 1.29 is 19.4 Å². The molecule has 1 aromatic carbocycles. The number of phenolic OH excluding ortho intramolecular Hbond substituents is 1. The van der Waals surface area contributed by atoms with E-state index in [1.807, 2.05) is 6.92 Å². The lowest BCUT2D eigenvalue weighted by atomic mass is 10.0. The molecule has 5 heteroatoms. The number of carbonyl (C=O) groups is 1. The molecule has 2 rings (SSSR count). The predicted molar refractivity (Wildman–Crippen MR) is 60.5 cm³/mol. The molecule has 1 aromatic heterocycles. The minimum atomic E-state index is -1.32. The van der Waals surface area contributed by atoms with Crippen LogP contribution in [0.4, 0.5) is 0 Å². The van der Waals surface area contributed by atoms with E-state index in [-0.39, 0.29) is 11.3 Å². The Morgan fingerprint density at radius 2 is 2.06 bits per heavy atom. The summed E-state index contributed by atoms with van der Waals surface area (Å²) in [6.07, 6.45) is 0.595. The molecule has 0 aliphatic rings. The third kappa shape index (κ3) is 1.87. The van der Waals surface area contributed by atoms with Crippen molar-refractivity contribution in [2.45, 2.75) is 13.3 Å². The van der Waals surface area contributed by atoms with E-state index in [0.717, 1.165) is 5.56 Å². The van der Waals surface area contributed by atoms with Gasteiger partial charge in [0.05, 0.1) is 0 Å². The van der Waals surface area contributed by atoms with Crippen LogP contribution in [-0.2, 0) is 6.42 Å². The second-order valence-corrected chi connectivity index (χ2v) is 3.62. The maximum atomic E-state index is 11.4. The molecule has 0 radical (unpaired) electrons. The summed E-state index contributed by atoms with van der Waals surface area (Å²) in [7, 11) is 0. The molecule has 0 aliphatic carbocycles. The van der Waals surface area contributed by atoms with Crippen LogP contribution in [0.2, 0.25) is 0 Å². The molecule has 5 nitrogen and oxygen atoms in total. The third-order valence-corrected chi connectivity index (χ3v) is 2.54. The summed E-state index contributed by atoms with van der Waals surface area (Å²) in [6.45, 7) is 1.86. The van der Waals surface area contributed by atoms with Crippen molar-refractivity contribution >= 4 is 16.9 Å². The molecule has 2 aromatic rings. The number of aromatic hydroxyl groups is 1. The normalized spacial score (nSPS) is 10.6. The van der Waals surface area contributed by atoms with Crippen LogP contribution in [0, 0.1) is 0 Å². The molecule has 1 heterocycles. The van der Waals surface area contributed by atoms with Crippen LogP contribution in [0.1, 0.15) is 22.8 Å². The maximum absolute atomic E-state index is 11.4. The van der Waals surface area contributed by atoms with Gasteiger partial charge in [0.25, 0.3) is 0 Å². The minimum absolute atomic E-state index is 0.0134. The molecule has 0 fully saturated rings. The van der Waals surface area contributed by atoms with Crippen LogP contribution >= 0.6 is 0 Å². The Bertz CT molecular complexity index is 654. The highest BCUT2D eigenvalue weighted by atomic mass is 16.4. The molecule has 2 N–H and O–H groups in total. The number of hydrogen-bond donors (Lipinski definition) is 2. The van der Waals surface area contributed by atoms with Crippen molar-refractivity contribution in [1.82, 2.24) is 0 Å². The van der Waals surface area contributed by atoms with E-state index in [1.54, 1.807) is 0 Å². The van der Waals surface area contributed by atoms with E-state index in [2.05, 4.69) is 0 Å². The first-order chi connectivity index (χ1) is 8.02. The van der Waals surface area contributed by atoms with Crippen LogP contribution in [0.3, 0.4) is 0 Å². The molecule has 17 heavy (non-hydrogen) atoms. The van der Waals surface area contributed by atoms with Gasteiger partial charge < -0.3 is 14.6 Å². The van der Waals surface area contributed by atoms with E-state index >= 15 is 0 Å². The van der Waals surface area contributed by atoms with Gasteiger partial charge in [-0.25, -0.2) is 9.59 Å². The van der Waals surface area contributed by atoms with Gasteiger partial charge in [0.1, 0.15) is 16.9 Å². The van der Waals surface area contributed by atoms with Crippen LogP contribution in [-0.4, -0.2) is 16.2 Å². The quantitative estimate of drug-likeness (QED) is 0.773. The van der Waals surface area contributed by atoms with Gasteiger partial charge in [-0.05, 0) is 24.1 Å². The highest BCUT2D eigenvalue weighted by molar-refractivity contribution is 5.92. The zero-order chi connectivity index (χ0) is 12.6. The molecule has 0 amide bonds. The van der Waals surface area contributed by atoms with Gasteiger partial charge in [0, 0.05) is 11.5 Å². The monoisotopic (exact) mass is 234 g/mol. The highest BCUT2D eigenvalue weighted by Crippen LogP contribution is 2.24. The number of fused-ring (bicyclic) bond motifs is 1. The van der Waals surface area contributed by atoms with Gasteiger partial charge in [-0.2, -0.15) is 0 Å². The lowest BCUT2D eigenvalue weighted by molar-refractivity contribution is 0.0692. The van der Waals surface area contributed by atoms with Gasteiger partial charge in [-0.1, -0.05) is 6.92 Å². The summed E-state index contributed by atoms with van der Waals surface area (Å²) in [5, 5.41) is 18.8. The molecule has 0 spiro atoms. The molecule has 0 saturated heterocycles. The van der Waals surface area contributed by atoms with E-state index in [9.17, 15) is 14.7 Å². The molecule has 88 valence electrons. The fraction of sp³-hybridized carbons (Fsp3) is 0.167. The average Bonchev–Trinajstić information content (AvgIpc) is 2.26. The summed E-state index contributed by atoms with van der Waals surface area (Å²) in [6, 6.07) is 4.09. The molecule has 0 bridgehead atoms. The molecular formula is C12H10O5. The molecule has 0 aliphatic heterocycles. The largest absolute Gasteiger partial charge is 0.508 e. The first-order valence-electron chi connectivity index (χ1n) is 5.06. The molecule has 0 saturated carbocycles. The van der Waals surface area contributed by atoms with Crippen LogP contribution in [0.25, 0.3) is 11.0 Å². The highest BCUT2D eigenvalue weighted by Gasteiger charge is 2.14. The third-order valence-electron chi connectivity index (χ3n) is 2.54. The van der Waals surface area contributed by atoms with Gasteiger partial charge in [-0.15, -0.1) is 0 Å². The summed E-state index contributed by atoms with van der Waals surface area (Å²) in [5.41, 5.74) is -0.404. The number of carboxylic acid groups (broad SMARTS) is 1. The maximum Gasteiger partial charge on any atom is 0.351 e.